The highest BCUT2D eigenvalue weighted by Gasteiger charge is 2.09. The van der Waals surface area contributed by atoms with Crippen molar-refractivity contribution in [2.75, 3.05) is 38.3 Å². The van der Waals surface area contributed by atoms with Gasteiger partial charge in [0, 0.05) is 25.5 Å². The Morgan fingerprint density at radius 2 is 1.83 bits per heavy atom. The first-order valence-corrected chi connectivity index (χ1v) is 7.89. The Hall–Kier alpha value is -1.07. The van der Waals surface area contributed by atoms with Crippen molar-refractivity contribution in [2.24, 2.45) is 5.92 Å². The SMILES string of the molecule is CNCC(C)CN(C)c1ccc(S(C)(=O)=O)cc1. The van der Waals surface area contributed by atoms with Crippen LogP contribution in [0.3, 0.4) is 0 Å². The lowest BCUT2D eigenvalue weighted by Crippen LogP contribution is -2.29. The zero-order valence-electron chi connectivity index (χ0n) is 11.5. The predicted molar refractivity (Wildman–Crippen MR) is 75.9 cm³/mol. The van der Waals surface area contributed by atoms with E-state index in [4.69, 9.17) is 0 Å². The lowest BCUT2D eigenvalue weighted by atomic mass is 10.1. The number of nitrogens with zero attached hydrogens (tertiary/aromatic N) is 1. The molecule has 0 aliphatic carbocycles. The predicted octanol–water partition coefficient (Wildman–Crippen LogP) is 1.38. The van der Waals surface area contributed by atoms with Gasteiger partial charge < -0.3 is 10.2 Å². The fourth-order valence-corrected chi connectivity index (χ4v) is 2.56. The second-order valence-electron chi connectivity index (χ2n) is 4.81. The summed E-state index contributed by atoms with van der Waals surface area (Å²) in [7, 11) is 0.852. The number of rotatable bonds is 6. The van der Waals surface area contributed by atoms with Gasteiger partial charge in [-0.2, -0.15) is 0 Å². The Labute approximate surface area is 110 Å². The minimum atomic E-state index is -3.11. The van der Waals surface area contributed by atoms with E-state index in [-0.39, 0.29) is 0 Å². The van der Waals surface area contributed by atoms with Crippen molar-refractivity contribution in [3.05, 3.63) is 24.3 Å². The van der Waals surface area contributed by atoms with Crippen molar-refractivity contribution in [3.8, 4) is 0 Å². The van der Waals surface area contributed by atoms with Gasteiger partial charge in [-0.1, -0.05) is 6.92 Å². The molecular weight excluding hydrogens is 248 g/mol. The van der Waals surface area contributed by atoms with Gasteiger partial charge in [-0.3, -0.25) is 0 Å². The summed E-state index contributed by atoms with van der Waals surface area (Å²) < 4.78 is 22.7. The normalized spacial score (nSPS) is 13.3. The second-order valence-corrected chi connectivity index (χ2v) is 6.83. The number of benzene rings is 1. The molecular formula is C13H22N2O2S. The van der Waals surface area contributed by atoms with Crippen LogP contribution in [0.25, 0.3) is 0 Å². The highest BCUT2D eigenvalue weighted by molar-refractivity contribution is 7.90. The van der Waals surface area contributed by atoms with E-state index in [1.165, 1.54) is 6.26 Å². The zero-order chi connectivity index (χ0) is 13.8. The number of hydrogen-bond acceptors (Lipinski definition) is 4. The molecule has 18 heavy (non-hydrogen) atoms. The van der Waals surface area contributed by atoms with Crippen LogP contribution in [-0.4, -0.2) is 41.9 Å². The van der Waals surface area contributed by atoms with Crippen molar-refractivity contribution in [3.63, 3.8) is 0 Å². The molecule has 0 aromatic heterocycles. The molecule has 0 saturated heterocycles. The van der Waals surface area contributed by atoms with Crippen LogP contribution in [0.15, 0.2) is 29.2 Å². The summed E-state index contributed by atoms with van der Waals surface area (Å²) in [6.45, 7) is 4.07. The van der Waals surface area contributed by atoms with Gasteiger partial charge in [0.25, 0.3) is 0 Å². The summed E-state index contributed by atoms with van der Waals surface area (Å²) in [4.78, 5) is 2.50. The van der Waals surface area contributed by atoms with Gasteiger partial charge in [0.05, 0.1) is 4.90 Å². The first-order chi connectivity index (χ1) is 8.34. The molecule has 102 valence electrons. The molecule has 0 radical (unpaired) electrons. The van der Waals surface area contributed by atoms with Crippen LogP contribution in [0.1, 0.15) is 6.92 Å². The topological polar surface area (TPSA) is 49.4 Å². The summed E-state index contributed by atoms with van der Waals surface area (Å²) in [5.41, 5.74) is 1.03. The molecule has 0 saturated carbocycles. The average molecular weight is 270 g/mol. The molecule has 1 atom stereocenters. The molecule has 4 nitrogen and oxygen atoms in total. The van der Waals surface area contributed by atoms with Crippen molar-refractivity contribution in [1.82, 2.24) is 5.32 Å². The third-order valence-corrected chi connectivity index (χ3v) is 3.97. The van der Waals surface area contributed by atoms with E-state index < -0.39 is 9.84 Å². The van der Waals surface area contributed by atoms with E-state index in [0.717, 1.165) is 18.8 Å². The van der Waals surface area contributed by atoms with Crippen LogP contribution < -0.4 is 10.2 Å². The molecule has 0 fully saturated rings. The number of anilines is 1. The molecule has 1 aromatic rings. The average Bonchev–Trinajstić information content (AvgIpc) is 2.28. The van der Waals surface area contributed by atoms with Crippen molar-refractivity contribution in [1.29, 1.82) is 0 Å². The highest BCUT2D eigenvalue weighted by Crippen LogP contribution is 2.17. The smallest absolute Gasteiger partial charge is 0.175 e. The number of hydrogen-bond donors (Lipinski definition) is 1. The van der Waals surface area contributed by atoms with Crippen molar-refractivity contribution < 1.29 is 8.42 Å². The van der Waals surface area contributed by atoms with E-state index in [0.29, 0.717) is 10.8 Å². The molecule has 1 unspecified atom stereocenters. The second kappa shape index (κ2) is 6.20. The zero-order valence-corrected chi connectivity index (χ0v) is 12.3. The Bertz CT molecular complexity index is 468. The monoisotopic (exact) mass is 270 g/mol. The maximum absolute atomic E-state index is 11.4. The largest absolute Gasteiger partial charge is 0.374 e. The van der Waals surface area contributed by atoms with Crippen LogP contribution in [0.4, 0.5) is 5.69 Å². The van der Waals surface area contributed by atoms with E-state index in [1.807, 2.05) is 26.2 Å². The van der Waals surface area contributed by atoms with Gasteiger partial charge in [-0.05, 0) is 43.8 Å². The van der Waals surface area contributed by atoms with Gasteiger partial charge in [0.2, 0.25) is 0 Å². The fourth-order valence-electron chi connectivity index (χ4n) is 1.93. The molecule has 0 aliphatic rings. The summed E-state index contributed by atoms with van der Waals surface area (Å²) in [6, 6.07) is 7.01. The van der Waals surface area contributed by atoms with Crippen molar-refractivity contribution >= 4 is 15.5 Å². The van der Waals surface area contributed by atoms with Crippen LogP contribution in [0.2, 0.25) is 0 Å². The van der Waals surface area contributed by atoms with Gasteiger partial charge >= 0.3 is 0 Å². The first kappa shape index (κ1) is 15.0. The van der Waals surface area contributed by atoms with E-state index in [1.54, 1.807) is 12.1 Å². The molecule has 0 aliphatic heterocycles. The quantitative estimate of drug-likeness (QED) is 0.848. The third kappa shape index (κ3) is 4.31. The molecule has 0 heterocycles. The maximum Gasteiger partial charge on any atom is 0.175 e. The molecule has 0 spiro atoms. The van der Waals surface area contributed by atoms with Gasteiger partial charge in [-0.25, -0.2) is 8.42 Å². The third-order valence-electron chi connectivity index (χ3n) is 2.84. The minimum Gasteiger partial charge on any atom is -0.374 e. The van der Waals surface area contributed by atoms with Gasteiger partial charge in [0.1, 0.15) is 0 Å². The summed E-state index contributed by atoms with van der Waals surface area (Å²) >= 11 is 0. The Morgan fingerprint density at radius 3 is 2.28 bits per heavy atom. The summed E-state index contributed by atoms with van der Waals surface area (Å²) in [6.07, 6.45) is 1.22. The molecule has 1 N–H and O–H groups in total. The maximum atomic E-state index is 11.4. The van der Waals surface area contributed by atoms with Crippen LogP contribution in [-0.2, 0) is 9.84 Å². The first-order valence-electron chi connectivity index (χ1n) is 6.00. The molecule has 1 aromatic carbocycles. The van der Waals surface area contributed by atoms with E-state index >= 15 is 0 Å². The van der Waals surface area contributed by atoms with Gasteiger partial charge in [-0.15, -0.1) is 0 Å². The van der Waals surface area contributed by atoms with Crippen LogP contribution in [0, 0.1) is 5.92 Å². The molecule has 5 heteroatoms. The Kier molecular flexibility index (Phi) is 5.16. The Balaban J connectivity index is 2.73. The summed E-state index contributed by atoms with van der Waals surface area (Å²) in [5, 5.41) is 3.15. The molecule has 0 amide bonds. The van der Waals surface area contributed by atoms with E-state index in [2.05, 4.69) is 17.1 Å². The minimum absolute atomic E-state index is 0.364. The lowest BCUT2D eigenvalue weighted by Gasteiger charge is -2.23. The molecule has 0 bridgehead atoms. The van der Waals surface area contributed by atoms with Gasteiger partial charge in [0.15, 0.2) is 9.84 Å². The number of sulfone groups is 1. The highest BCUT2D eigenvalue weighted by atomic mass is 32.2. The van der Waals surface area contributed by atoms with Crippen LogP contribution in [0.5, 0.6) is 0 Å². The summed E-state index contributed by atoms with van der Waals surface area (Å²) in [5.74, 6) is 0.537. The standard InChI is InChI=1S/C13H22N2O2S/c1-11(9-14-2)10-15(3)12-5-7-13(8-6-12)18(4,16)17/h5-8,11,14H,9-10H2,1-4H3. The Morgan fingerprint density at radius 1 is 1.28 bits per heavy atom. The molecule has 1 rings (SSSR count). The fraction of sp³-hybridized carbons (Fsp3) is 0.538. The van der Waals surface area contributed by atoms with E-state index in [9.17, 15) is 8.42 Å². The van der Waals surface area contributed by atoms with Crippen LogP contribution >= 0.6 is 0 Å². The lowest BCUT2D eigenvalue weighted by molar-refractivity contribution is 0.542. The number of nitrogens with one attached hydrogen (secondary N) is 1. The van der Waals surface area contributed by atoms with Crippen molar-refractivity contribution in [2.45, 2.75) is 11.8 Å².